The fourth-order valence-electron chi connectivity index (χ4n) is 4.75. The molecule has 3 atom stereocenters. The van der Waals surface area contributed by atoms with Crippen molar-refractivity contribution in [2.75, 3.05) is 25.1 Å². The number of nitrogens with one attached hydrogen (secondary N) is 2. The summed E-state index contributed by atoms with van der Waals surface area (Å²) in [4.78, 5) is 77.5. The highest BCUT2D eigenvalue weighted by Crippen LogP contribution is 2.52. The van der Waals surface area contributed by atoms with E-state index in [0.717, 1.165) is 28.0 Å². The Bertz CT molecular complexity index is 1580. The molecule has 0 spiro atoms. The summed E-state index contributed by atoms with van der Waals surface area (Å²) in [6.07, 6.45) is 0. The molecule has 2 aromatic carbocycles. The monoisotopic (exact) mass is 597 g/mol. The lowest BCUT2D eigenvalue weighted by Gasteiger charge is -2.29. The summed E-state index contributed by atoms with van der Waals surface area (Å²) in [5.74, 6) is -4.54. The number of benzene rings is 2. The van der Waals surface area contributed by atoms with Gasteiger partial charge in [0.25, 0.3) is 5.91 Å². The minimum atomic E-state index is -1.30. The van der Waals surface area contributed by atoms with Gasteiger partial charge in [-0.05, 0) is 48.9 Å². The Morgan fingerprint density at radius 1 is 1.02 bits per heavy atom. The van der Waals surface area contributed by atoms with Crippen LogP contribution in [-0.2, 0) is 23.9 Å². The SMILES string of the molecule is CCOC(=O)c1ccc(NC(=O)COc2ccc([C@H]3c4sc(=O)[nH]c4SC4C(=O)N(CC(=O)O)C(=O)C43)cc2)cc1. The standard InChI is InChI=1S/C27H23N3O9S2/c1-2-38-26(36)14-3-7-15(8-4-14)28-17(31)12-39-16-9-5-13(6-10-16)19-20-22(40-23-21(19)41-27(37)29-23)25(35)30(24(20)34)11-18(32)33/h3-10,19-20,22H,2,11-12H2,1H3,(H,28,31)(H,29,37)(H,32,33)/t19-,20?,22?/m1/s1. The van der Waals surface area contributed by atoms with Crippen LogP contribution in [0.15, 0.2) is 58.4 Å². The summed E-state index contributed by atoms with van der Waals surface area (Å²) in [5.41, 5.74) is 1.47. The van der Waals surface area contributed by atoms with Crippen molar-refractivity contribution in [2.45, 2.75) is 23.1 Å². The molecule has 0 saturated carbocycles. The number of ether oxygens (including phenoxy) is 2. The molecule has 0 bridgehead atoms. The molecule has 212 valence electrons. The smallest absolute Gasteiger partial charge is 0.338 e. The molecule has 3 amide bonds. The van der Waals surface area contributed by atoms with Gasteiger partial charge in [0.15, 0.2) is 6.61 Å². The Hall–Kier alpha value is -4.43. The van der Waals surface area contributed by atoms with Gasteiger partial charge in [-0.1, -0.05) is 35.2 Å². The normalized spacial score (nSPS) is 19.3. The highest BCUT2D eigenvalue weighted by Gasteiger charge is 2.56. The summed E-state index contributed by atoms with van der Waals surface area (Å²) in [7, 11) is 0. The van der Waals surface area contributed by atoms with Gasteiger partial charge < -0.3 is 24.9 Å². The number of carbonyl (C=O) groups excluding carboxylic acids is 4. The topological polar surface area (TPSA) is 172 Å². The fraction of sp³-hybridized carbons (Fsp3) is 0.259. The number of nitrogens with zero attached hydrogens (tertiary/aromatic N) is 1. The van der Waals surface area contributed by atoms with Crippen molar-refractivity contribution in [3.05, 3.63) is 74.2 Å². The van der Waals surface area contributed by atoms with Crippen molar-refractivity contribution in [1.82, 2.24) is 9.88 Å². The average Bonchev–Trinajstić information content (AvgIpc) is 3.43. The lowest BCUT2D eigenvalue weighted by atomic mass is 9.83. The summed E-state index contributed by atoms with van der Waals surface area (Å²) in [6.45, 7) is 0.938. The molecule has 2 unspecified atom stereocenters. The van der Waals surface area contributed by atoms with Gasteiger partial charge in [-0.15, -0.1) is 0 Å². The second kappa shape index (κ2) is 11.6. The molecule has 2 aliphatic rings. The van der Waals surface area contributed by atoms with E-state index in [1.165, 1.54) is 12.1 Å². The Morgan fingerprint density at radius 2 is 1.73 bits per heavy atom. The average molecular weight is 598 g/mol. The van der Waals surface area contributed by atoms with Crippen LogP contribution in [0.3, 0.4) is 0 Å². The molecule has 2 aliphatic heterocycles. The summed E-state index contributed by atoms with van der Waals surface area (Å²) >= 11 is 2.01. The third-order valence-corrected chi connectivity index (χ3v) is 8.90. The van der Waals surface area contributed by atoms with E-state index >= 15 is 0 Å². The first-order chi connectivity index (χ1) is 19.7. The number of hydrogen-bond acceptors (Lipinski definition) is 10. The molecule has 0 radical (unpaired) electrons. The number of hydrogen-bond donors (Lipinski definition) is 3. The number of likely N-dealkylation sites (tertiary alicyclic amines) is 1. The van der Waals surface area contributed by atoms with Crippen molar-refractivity contribution in [3.63, 3.8) is 0 Å². The first kappa shape index (κ1) is 28.1. The molecule has 1 fully saturated rings. The zero-order valence-electron chi connectivity index (χ0n) is 21.4. The number of carbonyl (C=O) groups is 5. The minimum Gasteiger partial charge on any atom is -0.484 e. The van der Waals surface area contributed by atoms with Gasteiger partial charge in [0.1, 0.15) is 17.5 Å². The van der Waals surface area contributed by atoms with E-state index in [9.17, 15) is 33.9 Å². The highest BCUT2D eigenvalue weighted by atomic mass is 32.2. The first-order valence-corrected chi connectivity index (χ1v) is 14.1. The zero-order valence-corrected chi connectivity index (χ0v) is 23.1. The van der Waals surface area contributed by atoms with Crippen LogP contribution in [0.25, 0.3) is 0 Å². The van der Waals surface area contributed by atoms with Gasteiger partial charge in [-0.25, -0.2) is 4.79 Å². The number of aromatic amines is 1. The second-order valence-corrected chi connectivity index (χ2v) is 11.3. The van der Waals surface area contributed by atoms with Crippen LogP contribution in [0.4, 0.5) is 5.69 Å². The number of amides is 3. The van der Waals surface area contributed by atoms with E-state index in [2.05, 4.69) is 10.3 Å². The Morgan fingerprint density at radius 3 is 2.39 bits per heavy atom. The number of imide groups is 1. The molecule has 3 aromatic rings. The molecule has 3 N–H and O–H groups in total. The number of fused-ring (bicyclic) bond motifs is 2. The maximum absolute atomic E-state index is 13.2. The van der Waals surface area contributed by atoms with Crippen LogP contribution in [0.1, 0.15) is 33.6 Å². The van der Waals surface area contributed by atoms with Crippen molar-refractivity contribution >= 4 is 58.4 Å². The lowest BCUT2D eigenvalue weighted by molar-refractivity contribution is -0.149. The van der Waals surface area contributed by atoms with E-state index in [4.69, 9.17) is 9.47 Å². The molecule has 12 nitrogen and oxygen atoms in total. The largest absolute Gasteiger partial charge is 0.484 e. The number of anilines is 1. The Kier molecular flexibility index (Phi) is 7.94. The van der Waals surface area contributed by atoms with E-state index in [-0.39, 0.29) is 18.1 Å². The molecule has 1 aromatic heterocycles. The van der Waals surface area contributed by atoms with Crippen molar-refractivity contribution < 1.29 is 38.6 Å². The number of carboxylic acids is 1. The molecule has 1 saturated heterocycles. The van der Waals surface area contributed by atoms with E-state index < -0.39 is 53.3 Å². The maximum Gasteiger partial charge on any atom is 0.338 e. The van der Waals surface area contributed by atoms with Crippen LogP contribution in [0.2, 0.25) is 0 Å². The number of carboxylic acid groups (broad SMARTS) is 1. The number of H-pyrrole nitrogens is 1. The van der Waals surface area contributed by atoms with Crippen LogP contribution in [0, 0.1) is 5.92 Å². The molecule has 5 rings (SSSR count). The minimum absolute atomic E-state index is 0.258. The number of esters is 1. The molecular formula is C27H23N3O9S2. The van der Waals surface area contributed by atoms with Crippen LogP contribution < -0.4 is 14.9 Å². The number of aliphatic carboxylic acids is 1. The molecule has 14 heteroatoms. The van der Waals surface area contributed by atoms with E-state index in [1.54, 1.807) is 43.3 Å². The fourth-order valence-corrected chi connectivity index (χ4v) is 7.28. The van der Waals surface area contributed by atoms with Crippen LogP contribution in [0.5, 0.6) is 5.75 Å². The van der Waals surface area contributed by atoms with Gasteiger partial charge in [0, 0.05) is 16.5 Å². The Balaban J connectivity index is 1.28. The molecule has 41 heavy (non-hydrogen) atoms. The summed E-state index contributed by atoms with van der Waals surface area (Å²) in [6, 6.07) is 12.8. The molecular weight excluding hydrogens is 574 g/mol. The third kappa shape index (κ3) is 5.74. The number of aromatic nitrogens is 1. The van der Waals surface area contributed by atoms with Crippen LogP contribution in [-0.4, -0.2) is 69.7 Å². The number of thioether (sulfide) groups is 1. The van der Waals surface area contributed by atoms with Crippen molar-refractivity contribution in [2.24, 2.45) is 5.92 Å². The summed E-state index contributed by atoms with van der Waals surface area (Å²) in [5, 5.41) is 11.5. The quantitative estimate of drug-likeness (QED) is 0.245. The Labute approximate surface area is 240 Å². The van der Waals surface area contributed by atoms with E-state index in [1.807, 2.05) is 0 Å². The third-order valence-electron chi connectivity index (χ3n) is 6.50. The maximum atomic E-state index is 13.2. The van der Waals surface area contributed by atoms with Crippen molar-refractivity contribution in [1.29, 1.82) is 0 Å². The predicted molar refractivity (Wildman–Crippen MR) is 147 cm³/mol. The molecule has 0 aliphatic carbocycles. The van der Waals surface area contributed by atoms with E-state index in [0.29, 0.717) is 32.5 Å². The van der Waals surface area contributed by atoms with Crippen LogP contribution >= 0.6 is 23.1 Å². The lowest BCUT2D eigenvalue weighted by Crippen LogP contribution is -2.36. The molecule has 3 heterocycles. The van der Waals surface area contributed by atoms with Gasteiger partial charge in [0.05, 0.1) is 23.1 Å². The predicted octanol–water partition coefficient (Wildman–Crippen LogP) is 2.31. The zero-order chi connectivity index (χ0) is 29.3. The van der Waals surface area contributed by atoms with Crippen molar-refractivity contribution in [3.8, 4) is 5.75 Å². The second-order valence-electron chi connectivity index (χ2n) is 9.11. The van der Waals surface area contributed by atoms with Gasteiger partial charge >= 0.3 is 16.8 Å². The summed E-state index contributed by atoms with van der Waals surface area (Å²) < 4.78 is 10.5. The number of rotatable bonds is 9. The van der Waals surface area contributed by atoms with Gasteiger partial charge in [-0.3, -0.25) is 28.9 Å². The first-order valence-electron chi connectivity index (χ1n) is 12.4. The van der Waals surface area contributed by atoms with Gasteiger partial charge in [0.2, 0.25) is 11.8 Å². The highest BCUT2D eigenvalue weighted by molar-refractivity contribution is 8.00. The number of thiazole rings is 1. The van der Waals surface area contributed by atoms with Gasteiger partial charge in [-0.2, -0.15) is 0 Å².